The van der Waals surface area contributed by atoms with Crippen LogP contribution in [0.1, 0.15) is 0 Å². The minimum absolute atomic E-state index is 0.561. The summed E-state index contributed by atoms with van der Waals surface area (Å²) in [7, 11) is -7.68. The van der Waals surface area contributed by atoms with Gasteiger partial charge in [-0.2, -0.15) is 8.42 Å². The molecule has 0 aliphatic heterocycles. The predicted molar refractivity (Wildman–Crippen MR) is 30.8 cm³/mol. The molecule has 9 heavy (non-hydrogen) atoms. The summed E-state index contributed by atoms with van der Waals surface area (Å²) in [5.74, 6) is 0. The maximum Gasteiger partial charge on any atom is 0.374 e. The van der Waals surface area contributed by atoms with E-state index in [0.29, 0.717) is 6.26 Å². The molecule has 0 spiro atoms. The van der Waals surface area contributed by atoms with Gasteiger partial charge >= 0.3 is 9.15 Å². The fraction of sp³-hybridized carbons (Fsp3) is 1.00. The Bertz CT molecular complexity index is 268. The molecule has 0 amide bonds. The first-order chi connectivity index (χ1) is 3.81. The van der Waals surface area contributed by atoms with Crippen LogP contribution in [0, 0.1) is 0 Å². The van der Waals surface area contributed by atoms with Crippen molar-refractivity contribution < 1.29 is 21.0 Å². The second-order valence-corrected chi connectivity index (χ2v) is 6.88. The van der Waals surface area contributed by atoms with Gasteiger partial charge in [0.05, 0.1) is 13.4 Å². The van der Waals surface area contributed by atoms with Crippen molar-refractivity contribution in [2.75, 3.05) is 13.4 Å². The molecular formula is C2H6O5S2. The second-order valence-electron chi connectivity index (χ2n) is 1.28. The average Bonchev–Trinajstić information content (AvgIpc) is 1.64. The molecule has 0 bridgehead atoms. The van der Waals surface area contributed by atoms with Gasteiger partial charge in [0.1, 0.15) is 0 Å². The van der Waals surface area contributed by atoms with Crippen molar-refractivity contribution in [2.45, 2.75) is 0 Å². The largest absolute Gasteiger partial charge is 0.374 e. The lowest BCUT2D eigenvalue weighted by Gasteiger charge is -1.93. The van der Waals surface area contributed by atoms with Crippen LogP contribution >= 0.6 is 0 Å². The Balaban J connectivity index is 5.07. The summed E-state index contributed by atoms with van der Waals surface area (Å²) >= 11 is 0. The van der Waals surface area contributed by atoms with E-state index in [0.717, 1.165) is 7.11 Å². The van der Waals surface area contributed by atoms with Crippen LogP contribution in [0.5, 0.6) is 0 Å². The molecule has 0 aromatic rings. The second kappa shape index (κ2) is 2.24. The normalized spacial score (nSPS) is 13.6. The molecule has 0 rings (SSSR count). The average molecular weight is 174 g/mol. The van der Waals surface area contributed by atoms with Crippen LogP contribution in [0.4, 0.5) is 0 Å². The summed E-state index contributed by atoms with van der Waals surface area (Å²) in [4.78, 5) is 0. The van der Waals surface area contributed by atoms with Crippen molar-refractivity contribution in [1.82, 2.24) is 0 Å². The van der Waals surface area contributed by atoms with E-state index in [1.807, 2.05) is 0 Å². The van der Waals surface area contributed by atoms with Gasteiger partial charge in [0.25, 0.3) is 8.87 Å². The maximum absolute atomic E-state index is 10.2. The van der Waals surface area contributed by atoms with Crippen molar-refractivity contribution in [3.8, 4) is 0 Å². The summed E-state index contributed by atoms with van der Waals surface area (Å²) in [6.07, 6.45) is 0.561. The zero-order valence-electron chi connectivity index (χ0n) is 4.86. The molecule has 0 N–H and O–H groups in total. The van der Waals surface area contributed by atoms with E-state index in [1.54, 1.807) is 0 Å². The molecule has 0 atom stereocenters. The van der Waals surface area contributed by atoms with Gasteiger partial charge in [-0.05, 0) is 0 Å². The molecule has 0 aliphatic carbocycles. The first-order valence-corrected chi connectivity index (χ1v) is 5.63. The van der Waals surface area contributed by atoms with E-state index >= 15 is 0 Å². The van der Waals surface area contributed by atoms with Crippen molar-refractivity contribution in [2.24, 2.45) is 0 Å². The fourth-order valence-corrected chi connectivity index (χ4v) is 1.11. The van der Waals surface area contributed by atoms with Crippen molar-refractivity contribution in [3.63, 3.8) is 0 Å². The third-order valence-corrected chi connectivity index (χ3v) is 4.36. The van der Waals surface area contributed by atoms with Gasteiger partial charge in [0, 0.05) is 0 Å². The predicted octanol–water partition coefficient (Wildman–Crippen LogP) is -1.08. The first-order valence-electron chi connectivity index (χ1n) is 1.82. The summed E-state index contributed by atoms with van der Waals surface area (Å²) < 4.78 is 44.4. The van der Waals surface area contributed by atoms with E-state index in [9.17, 15) is 16.8 Å². The molecule has 0 aliphatic rings. The Hall–Kier alpha value is -0.140. The monoisotopic (exact) mass is 174 g/mol. The highest BCUT2D eigenvalue weighted by atomic mass is 33.2. The Labute approximate surface area is 53.1 Å². The molecule has 0 heterocycles. The van der Waals surface area contributed by atoms with Crippen LogP contribution < -0.4 is 0 Å². The van der Waals surface area contributed by atoms with E-state index in [2.05, 4.69) is 4.18 Å². The van der Waals surface area contributed by atoms with Crippen LogP contribution in [-0.4, -0.2) is 30.2 Å². The van der Waals surface area contributed by atoms with Gasteiger partial charge in [-0.1, -0.05) is 0 Å². The zero-order valence-corrected chi connectivity index (χ0v) is 6.49. The molecule has 0 aromatic carbocycles. The molecule has 0 unspecified atom stereocenters. The minimum atomic E-state index is -4.36. The highest BCUT2D eigenvalue weighted by Crippen LogP contribution is 1.98. The lowest BCUT2D eigenvalue weighted by Crippen LogP contribution is -2.14. The highest BCUT2D eigenvalue weighted by molar-refractivity contribution is 8.65. The Kier molecular flexibility index (Phi) is 2.20. The lowest BCUT2D eigenvalue weighted by atomic mass is 11.8. The van der Waals surface area contributed by atoms with E-state index < -0.39 is 18.0 Å². The molecule has 0 fully saturated rings. The van der Waals surface area contributed by atoms with Crippen LogP contribution in [-0.2, 0) is 22.2 Å². The molecule has 0 saturated heterocycles. The first kappa shape index (κ1) is 8.86. The molecule has 56 valence electrons. The zero-order chi connectivity index (χ0) is 7.71. The van der Waals surface area contributed by atoms with E-state index in [1.165, 1.54) is 0 Å². The summed E-state index contributed by atoms with van der Waals surface area (Å²) in [6, 6.07) is 0. The smallest absolute Gasteiger partial charge is 0.262 e. The van der Waals surface area contributed by atoms with Crippen LogP contribution in [0.25, 0.3) is 0 Å². The fourth-order valence-electron chi connectivity index (χ4n) is 0.124. The summed E-state index contributed by atoms with van der Waals surface area (Å²) in [6.45, 7) is 0. The minimum Gasteiger partial charge on any atom is -0.262 e. The Morgan fingerprint density at radius 2 is 1.44 bits per heavy atom. The quantitative estimate of drug-likeness (QED) is 0.498. The Morgan fingerprint density at radius 3 is 1.44 bits per heavy atom. The summed E-state index contributed by atoms with van der Waals surface area (Å²) in [5.41, 5.74) is 0. The van der Waals surface area contributed by atoms with Gasteiger partial charge in [-0.3, -0.25) is 4.18 Å². The number of hydrogen-bond donors (Lipinski definition) is 0. The van der Waals surface area contributed by atoms with Crippen molar-refractivity contribution in [1.29, 1.82) is 0 Å². The summed E-state index contributed by atoms with van der Waals surface area (Å²) in [5, 5.41) is 0. The standard InChI is InChI=1S/C2H6O5S2/c1-7-9(5,6)8(2,3)4/h1-2H3. The highest BCUT2D eigenvalue weighted by Gasteiger charge is 2.22. The molecule has 5 nitrogen and oxygen atoms in total. The third kappa shape index (κ3) is 1.92. The van der Waals surface area contributed by atoms with Gasteiger partial charge in [0.2, 0.25) is 0 Å². The van der Waals surface area contributed by atoms with Crippen LogP contribution in [0.2, 0.25) is 0 Å². The SMILES string of the molecule is COS(=O)(=O)S(C)(=O)=O. The van der Waals surface area contributed by atoms with Gasteiger partial charge in [-0.15, -0.1) is 0 Å². The number of hydrogen-bond acceptors (Lipinski definition) is 5. The van der Waals surface area contributed by atoms with E-state index in [-0.39, 0.29) is 0 Å². The molecule has 0 saturated carbocycles. The van der Waals surface area contributed by atoms with Crippen LogP contribution in [0.15, 0.2) is 0 Å². The molecule has 0 aromatic heterocycles. The van der Waals surface area contributed by atoms with Crippen molar-refractivity contribution >= 4 is 18.0 Å². The topological polar surface area (TPSA) is 77.5 Å². The van der Waals surface area contributed by atoms with Gasteiger partial charge in [-0.25, -0.2) is 8.42 Å². The maximum atomic E-state index is 10.2. The van der Waals surface area contributed by atoms with Crippen molar-refractivity contribution in [3.05, 3.63) is 0 Å². The molecular weight excluding hydrogens is 168 g/mol. The lowest BCUT2D eigenvalue weighted by molar-refractivity contribution is 0.409. The van der Waals surface area contributed by atoms with E-state index in [4.69, 9.17) is 0 Å². The van der Waals surface area contributed by atoms with Gasteiger partial charge in [0.15, 0.2) is 0 Å². The van der Waals surface area contributed by atoms with Gasteiger partial charge < -0.3 is 0 Å². The number of rotatable bonds is 2. The molecule has 0 radical (unpaired) electrons. The molecule has 7 heteroatoms. The van der Waals surface area contributed by atoms with Crippen LogP contribution in [0.3, 0.4) is 0 Å². The Morgan fingerprint density at radius 1 is 1.11 bits per heavy atom. The third-order valence-electron chi connectivity index (χ3n) is 0.575.